The van der Waals surface area contributed by atoms with Crippen molar-refractivity contribution >= 4 is 11.9 Å². The molecule has 4 heteroatoms. The smallest absolute Gasteiger partial charge is 0.305 e. The molecule has 0 aliphatic rings. The monoisotopic (exact) mass is 496 g/mol. The van der Waals surface area contributed by atoms with Crippen molar-refractivity contribution in [3.63, 3.8) is 0 Å². The van der Waals surface area contributed by atoms with Gasteiger partial charge in [0.25, 0.3) is 0 Å². The molecule has 0 radical (unpaired) electrons. The SMILES string of the molecule is CCCCCCCCCCCCCCCOC(=O)CCCCCCCCCCCCCCC(=O)O. The third-order valence-electron chi connectivity index (χ3n) is 7.03. The number of carbonyl (C=O) groups is 2. The second kappa shape index (κ2) is 29.2. The van der Waals surface area contributed by atoms with Crippen molar-refractivity contribution in [2.45, 2.75) is 180 Å². The fourth-order valence-corrected chi connectivity index (χ4v) is 4.69. The van der Waals surface area contributed by atoms with Crippen LogP contribution in [0.4, 0.5) is 0 Å². The Morgan fingerprint density at radius 1 is 0.457 bits per heavy atom. The number of hydrogen-bond acceptors (Lipinski definition) is 3. The lowest BCUT2D eigenvalue weighted by Gasteiger charge is -2.06. The highest BCUT2D eigenvalue weighted by molar-refractivity contribution is 5.69. The quantitative estimate of drug-likeness (QED) is 0.0826. The largest absolute Gasteiger partial charge is 0.481 e. The van der Waals surface area contributed by atoms with Crippen LogP contribution >= 0.6 is 0 Å². The molecule has 1 N–H and O–H groups in total. The molecule has 0 fully saturated rings. The highest BCUT2D eigenvalue weighted by atomic mass is 16.5. The zero-order valence-electron chi connectivity index (χ0n) is 23.5. The van der Waals surface area contributed by atoms with Crippen molar-refractivity contribution in [1.29, 1.82) is 0 Å². The summed E-state index contributed by atoms with van der Waals surface area (Å²) in [5.41, 5.74) is 0. The van der Waals surface area contributed by atoms with Crippen LogP contribution in [0.15, 0.2) is 0 Å². The van der Waals surface area contributed by atoms with Gasteiger partial charge in [0.2, 0.25) is 0 Å². The van der Waals surface area contributed by atoms with Crippen molar-refractivity contribution in [3.05, 3.63) is 0 Å². The predicted molar refractivity (Wildman–Crippen MR) is 149 cm³/mol. The summed E-state index contributed by atoms with van der Waals surface area (Å²) in [6, 6.07) is 0. The molecule has 0 aliphatic heterocycles. The summed E-state index contributed by atoms with van der Waals surface area (Å²) in [4.78, 5) is 22.3. The van der Waals surface area contributed by atoms with E-state index in [0.717, 1.165) is 32.1 Å². The van der Waals surface area contributed by atoms with Crippen LogP contribution in [0, 0.1) is 0 Å². The molecule has 0 heterocycles. The van der Waals surface area contributed by atoms with E-state index in [9.17, 15) is 9.59 Å². The van der Waals surface area contributed by atoms with E-state index in [-0.39, 0.29) is 5.97 Å². The third-order valence-corrected chi connectivity index (χ3v) is 7.03. The molecule has 35 heavy (non-hydrogen) atoms. The van der Waals surface area contributed by atoms with Crippen LogP contribution in [0.1, 0.15) is 180 Å². The molecule has 0 aromatic heterocycles. The summed E-state index contributed by atoms with van der Waals surface area (Å²) in [5.74, 6) is -0.681. The number of esters is 1. The molecular formula is C31H60O4. The summed E-state index contributed by atoms with van der Waals surface area (Å²) in [6.45, 7) is 2.88. The topological polar surface area (TPSA) is 63.6 Å². The minimum Gasteiger partial charge on any atom is -0.481 e. The first-order valence-electron chi connectivity index (χ1n) is 15.5. The van der Waals surface area contributed by atoms with E-state index in [0.29, 0.717) is 19.4 Å². The van der Waals surface area contributed by atoms with Gasteiger partial charge in [0.15, 0.2) is 0 Å². The van der Waals surface area contributed by atoms with Crippen molar-refractivity contribution in [1.82, 2.24) is 0 Å². The first-order chi connectivity index (χ1) is 17.2. The molecule has 0 saturated carbocycles. The average molecular weight is 497 g/mol. The second-order valence-corrected chi connectivity index (χ2v) is 10.6. The van der Waals surface area contributed by atoms with Gasteiger partial charge in [-0.15, -0.1) is 0 Å². The molecule has 0 aromatic carbocycles. The van der Waals surface area contributed by atoms with Gasteiger partial charge >= 0.3 is 11.9 Å². The average Bonchev–Trinajstić information content (AvgIpc) is 2.84. The van der Waals surface area contributed by atoms with Crippen molar-refractivity contribution in [2.75, 3.05) is 6.61 Å². The van der Waals surface area contributed by atoms with Crippen molar-refractivity contribution < 1.29 is 19.4 Å². The maximum absolute atomic E-state index is 11.8. The Balaban J connectivity index is 3.15. The lowest BCUT2D eigenvalue weighted by molar-refractivity contribution is -0.144. The molecule has 0 atom stereocenters. The summed E-state index contributed by atoms with van der Waals surface area (Å²) in [7, 11) is 0. The Morgan fingerprint density at radius 2 is 0.771 bits per heavy atom. The van der Waals surface area contributed by atoms with E-state index >= 15 is 0 Å². The van der Waals surface area contributed by atoms with Crippen LogP contribution in [-0.2, 0) is 14.3 Å². The predicted octanol–water partition coefficient (Wildman–Crippen LogP) is 10.2. The van der Waals surface area contributed by atoms with Gasteiger partial charge < -0.3 is 9.84 Å². The number of carbonyl (C=O) groups excluding carboxylic acids is 1. The van der Waals surface area contributed by atoms with Gasteiger partial charge in [-0.2, -0.15) is 0 Å². The molecule has 0 amide bonds. The molecule has 0 saturated heterocycles. The van der Waals surface area contributed by atoms with E-state index in [1.54, 1.807) is 0 Å². The first-order valence-corrected chi connectivity index (χ1v) is 15.5. The number of rotatable bonds is 29. The van der Waals surface area contributed by atoms with Gasteiger partial charge in [-0.1, -0.05) is 148 Å². The Labute approximate surface area is 218 Å². The summed E-state index contributed by atoms with van der Waals surface area (Å²) >= 11 is 0. The Morgan fingerprint density at radius 3 is 1.14 bits per heavy atom. The first kappa shape index (κ1) is 33.9. The minimum atomic E-state index is -0.674. The van der Waals surface area contributed by atoms with Gasteiger partial charge in [-0.25, -0.2) is 0 Å². The van der Waals surface area contributed by atoms with E-state index in [4.69, 9.17) is 9.84 Å². The summed E-state index contributed by atoms with van der Waals surface area (Å²) in [6.07, 6.45) is 32.3. The highest BCUT2D eigenvalue weighted by Crippen LogP contribution is 2.14. The van der Waals surface area contributed by atoms with E-state index < -0.39 is 5.97 Å². The maximum atomic E-state index is 11.8. The zero-order chi connectivity index (χ0) is 25.7. The van der Waals surface area contributed by atoms with Gasteiger partial charge in [0.05, 0.1) is 6.61 Å². The molecule has 0 unspecified atom stereocenters. The van der Waals surface area contributed by atoms with Crippen LogP contribution in [0.2, 0.25) is 0 Å². The van der Waals surface area contributed by atoms with Crippen LogP contribution in [0.3, 0.4) is 0 Å². The minimum absolute atomic E-state index is 0.00714. The fourth-order valence-electron chi connectivity index (χ4n) is 4.69. The molecule has 0 spiro atoms. The Hall–Kier alpha value is -1.06. The standard InChI is InChI=1S/C31H60O4/c1-2-3-4-5-6-7-8-11-14-17-20-23-26-29-35-31(34)28-25-22-19-16-13-10-9-12-15-18-21-24-27-30(32)33/h2-29H2,1H3,(H,32,33). The number of carboxylic acids is 1. The number of aliphatic carboxylic acids is 1. The van der Waals surface area contributed by atoms with E-state index in [1.807, 2.05) is 0 Å². The lowest BCUT2D eigenvalue weighted by atomic mass is 10.0. The maximum Gasteiger partial charge on any atom is 0.305 e. The van der Waals surface area contributed by atoms with Crippen LogP contribution < -0.4 is 0 Å². The number of ether oxygens (including phenoxy) is 1. The molecule has 0 aliphatic carbocycles. The Kier molecular flexibility index (Phi) is 28.3. The highest BCUT2D eigenvalue weighted by Gasteiger charge is 2.03. The van der Waals surface area contributed by atoms with Crippen molar-refractivity contribution in [2.24, 2.45) is 0 Å². The Bertz CT molecular complexity index is 449. The zero-order valence-corrected chi connectivity index (χ0v) is 23.5. The van der Waals surface area contributed by atoms with Gasteiger partial charge in [0.1, 0.15) is 0 Å². The van der Waals surface area contributed by atoms with Crippen LogP contribution in [-0.4, -0.2) is 23.7 Å². The number of unbranched alkanes of at least 4 members (excludes halogenated alkanes) is 23. The molecule has 0 rings (SSSR count). The molecule has 0 bridgehead atoms. The normalized spacial score (nSPS) is 11.1. The second-order valence-electron chi connectivity index (χ2n) is 10.6. The van der Waals surface area contributed by atoms with Crippen LogP contribution in [0.25, 0.3) is 0 Å². The third kappa shape index (κ3) is 30.9. The van der Waals surface area contributed by atoms with Crippen LogP contribution in [0.5, 0.6) is 0 Å². The fraction of sp³-hybridized carbons (Fsp3) is 0.935. The molecule has 208 valence electrons. The molecule has 4 nitrogen and oxygen atoms in total. The van der Waals surface area contributed by atoms with Gasteiger partial charge in [0, 0.05) is 12.8 Å². The van der Waals surface area contributed by atoms with Gasteiger partial charge in [-0.05, 0) is 19.3 Å². The number of hydrogen-bond donors (Lipinski definition) is 1. The van der Waals surface area contributed by atoms with E-state index in [2.05, 4.69) is 6.92 Å². The lowest BCUT2D eigenvalue weighted by Crippen LogP contribution is -2.05. The van der Waals surface area contributed by atoms with E-state index in [1.165, 1.54) is 128 Å². The number of carboxylic acid groups (broad SMARTS) is 1. The van der Waals surface area contributed by atoms with Crippen molar-refractivity contribution in [3.8, 4) is 0 Å². The summed E-state index contributed by atoms with van der Waals surface area (Å²) in [5, 5.41) is 8.60. The molecular weight excluding hydrogens is 436 g/mol. The van der Waals surface area contributed by atoms with Gasteiger partial charge in [-0.3, -0.25) is 9.59 Å². The molecule has 0 aromatic rings. The summed E-state index contributed by atoms with van der Waals surface area (Å²) < 4.78 is 5.39.